The van der Waals surface area contributed by atoms with E-state index in [-0.39, 0.29) is 6.04 Å². The number of hydrogen-bond acceptors (Lipinski definition) is 6. The van der Waals surface area contributed by atoms with Gasteiger partial charge in [0.05, 0.1) is 6.04 Å². The van der Waals surface area contributed by atoms with Gasteiger partial charge in [0.2, 0.25) is 5.89 Å². The lowest BCUT2D eigenvalue weighted by atomic mass is 10.2. The molecule has 6 heteroatoms. The molecule has 1 atom stereocenters. The zero-order chi connectivity index (χ0) is 13.7. The SMILES string of the molecule is CCNC(C)c1nnc(NCc2ccc(C)nc2)o1. The Morgan fingerprint density at radius 1 is 1.32 bits per heavy atom. The Morgan fingerprint density at radius 2 is 2.16 bits per heavy atom. The molecule has 6 nitrogen and oxygen atoms in total. The number of pyridine rings is 1. The summed E-state index contributed by atoms with van der Waals surface area (Å²) >= 11 is 0. The van der Waals surface area contributed by atoms with Gasteiger partial charge < -0.3 is 15.1 Å². The van der Waals surface area contributed by atoms with Crippen LogP contribution in [-0.4, -0.2) is 21.7 Å². The zero-order valence-electron chi connectivity index (χ0n) is 11.5. The predicted molar refractivity (Wildman–Crippen MR) is 72.7 cm³/mol. The Labute approximate surface area is 112 Å². The standard InChI is InChI=1S/C13H19N5O/c1-4-14-10(3)12-17-18-13(19-12)16-8-11-6-5-9(2)15-7-11/h5-7,10,14H,4,8H2,1-3H3,(H,16,18). The smallest absolute Gasteiger partial charge is 0.315 e. The average molecular weight is 261 g/mol. The topological polar surface area (TPSA) is 75.9 Å². The number of nitrogens with one attached hydrogen (secondary N) is 2. The van der Waals surface area contributed by atoms with Gasteiger partial charge in [-0.3, -0.25) is 4.98 Å². The van der Waals surface area contributed by atoms with E-state index in [9.17, 15) is 0 Å². The molecule has 0 aliphatic carbocycles. The summed E-state index contributed by atoms with van der Waals surface area (Å²) in [5.74, 6) is 0.589. The summed E-state index contributed by atoms with van der Waals surface area (Å²) in [7, 11) is 0. The van der Waals surface area contributed by atoms with Gasteiger partial charge in [-0.2, -0.15) is 0 Å². The second kappa shape index (κ2) is 6.29. The molecule has 0 aliphatic rings. The maximum absolute atomic E-state index is 5.53. The van der Waals surface area contributed by atoms with Crippen molar-refractivity contribution in [1.29, 1.82) is 0 Å². The number of aromatic nitrogens is 3. The molecular weight excluding hydrogens is 242 g/mol. The molecule has 0 amide bonds. The van der Waals surface area contributed by atoms with Crippen molar-refractivity contribution in [3.05, 3.63) is 35.5 Å². The first-order chi connectivity index (χ1) is 9.19. The average Bonchev–Trinajstić information content (AvgIpc) is 2.87. The maximum atomic E-state index is 5.53. The number of rotatable bonds is 6. The minimum Gasteiger partial charge on any atom is -0.406 e. The lowest BCUT2D eigenvalue weighted by Gasteiger charge is -2.06. The van der Waals surface area contributed by atoms with E-state index in [0.717, 1.165) is 17.8 Å². The van der Waals surface area contributed by atoms with Crippen LogP contribution in [-0.2, 0) is 6.54 Å². The fourth-order valence-electron chi connectivity index (χ4n) is 1.66. The Hall–Kier alpha value is -1.95. The molecule has 102 valence electrons. The molecule has 0 aliphatic heterocycles. The van der Waals surface area contributed by atoms with Gasteiger partial charge in [-0.1, -0.05) is 18.1 Å². The summed E-state index contributed by atoms with van der Waals surface area (Å²) in [4.78, 5) is 4.23. The Morgan fingerprint density at radius 3 is 2.84 bits per heavy atom. The van der Waals surface area contributed by atoms with Crippen LogP contribution in [0.5, 0.6) is 0 Å². The summed E-state index contributed by atoms with van der Waals surface area (Å²) in [5.41, 5.74) is 2.08. The lowest BCUT2D eigenvalue weighted by molar-refractivity contribution is 0.428. The highest BCUT2D eigenvalue weighted by Crippen LogP contribution is 2.14. The van der Waals surface area contributed by atoms with Crippen LogP contribution >= 0.6 is 0 Å². The maximum Gasteiger partial charge on any atom is 0.315 e. The Bertz CT molecular complexity index is 508. The molecular formula is C13H19N5O. The van der Waals surface area contributed by atoms with Gasteiger partial charge in [-0.05, 0) is 32.0 Å². The summed E-state index contributed by atoms with van der Waals surface area (Å²) in [6.45, 7) is 7.47. The van der Waals surface area contributed by atoms with Crippen molar-refractivity contribution in [1.82, 2.24) is 20.5 Å². The van der Waals surface area contributed by atoms with Gasteiger partial charge >= 0.3 is 6.01 Å². The van der Waals surface area contributed by atoms with Crippen molar-refractivity contribution in [3.63, 3.8) is 0 Å². The molecule has 0 aromatic carbocycles. The summed E-state index contributed by atoms with van der Waals surface area (Å²) in [6.07, 6.45) is 1.83. The van der Waals surface area contributed by atoms with Crippen LogP contribution in [0.25, 0.3) is 0 Å². The van der Waals surface area contributed by atoms with E-state index in [0.29, 0.717) is 18.5 Å². The van der Waals surface area contributed by atoms with E-state index in [1.165, 1.54) is 0 Å². The fourth-order valence-corrected chi connectivity index (χ4v) is 1.66. The molecule has 2 rings (SSSR count). The monoisotopic (exact) mass is 261 g/mol. The van der Waals surface area contributed by atoms with Crippen molar-refractivity contribution in [2.24, 2.45) is 0 Å². The van der Waals surface area contributed by atoms with E-state index in [2.05, 4.69) is 25.8 Å². The largest absolute Gasteiger partial charge is 0.406 e. The van der Waals surface area contributed by atoms with E-state index >= 15 is 0 Å². The van der Waals surface area contributed by atoms with Crippen molar-refractivity contribution in [3.8, 4) is 0 Å². The van der Waals surface area contributed by atoms with E-state index < -0.39 is 0 Å². The van der Waals surface area contributed by atoms with Gasteiger partial charge in [-0.15, -0.1) is 5.10 Å². The van der Waals surface area contributed by atoms with E-state index in [1.807, 2.05) is 39.1 Å². The molecule has 2 heterocycles. The first-order valence-corrected chi connectivity index (χ1v) is 6.41. The van der Waals surface area contributed by atoms with E-state index in [1.54, 1.807) is 0 Å². The number of nitrogens with zero attached hydrogens (tertiary/aromatic N) is 3. The van der Waals surface area contributed by atoms with Crippen LogP contribution in [0.3, 0.4) is 0 Å². The van der Waals surface area contributed by atoms with Crippen LogP contribution in [0.2, 0.25) is 0 Å². The van der Waals surface area contributed by atoms with Gasteiger partial charge in [-0.25, -0.2) is 0 Å². The first-order valence-electron chi connectivity index (χ1n) is 6.41. The number of anilines is 1. The molecule has 0 fully saturated rings. The molecule has 0 spiro atoms. The highest BCUT2D eigenvalue weighted by Gasteiger charge is 2.12. The minimum atomic E-state index is 0.0640. The van der Waals surface area contributed by atoms with Crippen molar-refractivity contribution >= 4 is 6.01 Å². The van der Waals surface area contributed by atoms with Crippen molar-refractivity contribution < 1.29 is 4.42 Å². The molecule has 1 unspecified atom stereocenters. The van der Waals surface area contributed by atoms with Crippen LogP contribution in [0, 0.1) is 6.92 Å². The van der Waals surface area contributed by atoms with Crippen LogP contribution in [0.4, 0.5) is 6.01 Å². The highest BCUT2D eigenvalue weighted by molar-refractivity contribution is 5.22. The van der Waals surface area contributed by atoms with Crippen molar-refractivity contribution in [2.45, 2.75) is 33.4 Å². The Kier molecular flexibility index (Phi) is 4.46. The third-order valence-electron chi connectivity index (χ3n) is 2.74. The van der Waals surface area contributed by atoms with Gasteiger partial charge in [0.1, 0.15) is 0 Å². The molecule has 0 saturated carbocycles. The third kappa shape index (κ3) is 3.75. The van der Waals surface area contributed by atoms with Crippen LogP contribution in [0.1, 0.15) is 37.0 Å². The lowest BCUT2D eigenvalue weighted by Crippen LogP contribution is -2.17. The van der Waals surface area contributed by atoms with Crippen LogP contribution in [0.15, 0.2) is 22.7 Å². The summed E-state index contributed by atoms with van der Waals surface area (Å²) in [5, 5.41) is 14.3. The fraction of sp³-hybridized carbons (Fsp3) is 0.462. The third-order valence-corrected chi connectivity index (χ3v) is 2.74. The summed E-state index contributed by atoms with van der Waals surface area (Å²) in [6, 6.07) is 4.49. The second-order valence-corrected chi connectivity index (χ2v) is 4.39. The molecule has 0 saturated heterocycles. The molecule has 19 heavy (non-hydrogen) atoms. The quantitative estimate of drug-likeness (QED) is 0.829. The minimum absolute atomic E-state index is 0.0640. The zero-order valence-corrected chi connectivity index (χ0v) is 11.5. The number of aryl methyl sites for hydroxylation is 1. The summed E-state index contributed by atoms with van der Waals surface area (Å²) < 4.78 is 5.53. The normalized spacial score (nSPS) is 12.4. The predicted octanol–water partition coefficient (Wildman–Crippen LogP) is 2.06. The van der Waals surface area contributed by atoms with Gasteiger partial charge in [0, 0.05) is 18.4 Å². The molecule has 0 bridgehead atoms. The van der Waals surface area contributed by atoms with Gasteiger partial charge in [0.25, 0.3) is 0 Å². The second-order valence-electron chi connectivity index (χ2n) is 4.39. The van der Waals surface area contributed by atoms with Crippen LogP contribution < -0.4 is 10.6 Å². The number of hydrogen-bond donors (Lipinski definition) is 2. The molecule has 2 aromatic rings. The van der Waals surface area contributed by atoms with E-state index in [4.69, 9.17) is 4.42 Å². The highest BCUT2D eigenvalue weighted by atomic mass is 16.4. The molecule has 2 aromatic heterocycles. The van der Waals surface area contributed by atoms with Gasteiger partial charge in [0.15, 0.2) is 0 Å². The first kappa shape index (κ1) is 13.5. The molecule has 2 N–H and O–H groups in total. The molecule has 0 radical (unpaired) electrons. The van der Waals surface area contributed by atoms with Crippen molar-refractivity contribution in [2.75, 3.05) is 11.9 Å². The Balaban J connectivity index is 1.91.